The summed E-state index contributed by atoms with van der Waals surface area (Å²) < 4.78 is 0. The summed E-state index contributed by atoms with van der Waals surface area (Å²) in [7, 11) is 0. The molecule has 1 aromatic rings. The van der Waals surface area contributed by atoms with Crippen molar-refractivity contribution in [2.75, 3.05) is 12.3 Å². The molecule has 0 bridgehead atoms. The van der Waals surface area contributed by atoms with Gasteiger partial charge in [0.05, 0.1) is 23.1 Å². The summed E-state index contributed by atoms with van der Waals surface area (Å²) in [5.74, 6) is 1.50. The van der Waals surface area contributed by atoms with E-state index in [0.29, 0.717) is 12.2 Å². The number of hydrogen-bond donors (Lipinski definition) is 1. The second-order valence-electron chi connectivity index (χ2n) is 4.94. The number of nitrogens with zero attached hydrogens (tertiary/aromatic N) is 2. The first-order valence-electron chi connectivity index (χ1n) is 6.59. The highest BCUT2D eigenvalue weighted by Gasteiger charge is 2.29. The molecule has 0 saturated carbocycles. The summed E-state index contributed by atoms with van der Waals surface area (Å²) >= 11 is 3.20. The van der Waals surface area contributed by atoms with E-state index < -0.39 is 0 Å². The first-order chi connectivity index (χ1) is 9.16. The van der Waals surface area contributed by atoms with Crippen molar-refractivity contribution in [3.63, 3.8) is 0 Å². The molecule has 0 aromatic carbocycles. The number of thioether (sulfide) groups is 1. The summed E-state index contributed by atoms with van der Waals surface area (Å²) in [5, 5.41) is 11.5. The maximum absolute atomic E-state index is 12.2. The monoisotopic (exact) mass is 300 g/mol. The lowest BCUT2D eigenvalue weighted by Crippen LogP contribution is -2.38. The Labute approximate surface area is 122 Å². The Morgan fingerprint density at radius 1 is 1.74 bits per heavy atom. The molecule has 19 heavy (non-hydrogen) atoms. The van der Waals surface area contributed by atoms with Gasteiger partial charge in [-0.2, -0.15) is 0 Å². The van der Waals surface area contributed by atoms with Crippen LogP contribution >= 0.6 is 23.1 Å². The Morgan fingerprint density at radius 2 is 2.58 bits per heavy atom. The van der Waals surface area contributed by atoms with Gasteiger partial charge in [-0.3, -0.25) is 4.79 Å². The van der Waals surface area contributed by atoms with Crippen molar-refractivity contribution in [3.8, 4) is 0 Å². The maximum Gasteiger partial charge on any atom is 0.232 e. The van der Waals surface area contributed by atoms with Crippen LogP contribution < -0.4 is 0 Å². The van der Waals surface area contributed by atoms with Crippen LogP contribution in [0.1, 0.15) is 31.9 Å². The molecular weight excluding hydrogens is 280 g/mol. The van der Waals surface area contributed by atoms with Crippen LogP contribution in [0, 0.1) is 0 Å². The Kier molecular flexibility index (Phi) is 5.66. The molecule has 2 rings (SSSR count). The van der Waals surface area contributed by atoms with Gasteiger partial charge in [0.1, 0.15) is 0 Å². The molecule has 2 unspecified atom stereocenters. The molecule has 0 radical (unpaired) electrons. The normalized spacial score (nSPS) is 20.7. The van der Waals surface area contributed by atoms with Gasteiger partial charge < -0.3 is 10.0 Å². The molecule has 0 spiro atoms. The van der Waals surface area contributed by atoms with Crippen LogP contribution in [0.5, 0.6) is 0 Å². The summed E-state index contributed by atoms with van der Waals surface area (Å²) in [5.41, 5.74) is 2.86. The molecule has 1 fully saturated rings. The van der Waals surface area contributed by atoms with Gasteiger partial charge >= 0.3 is 0 Å². The van der Waals surface area contributed by atoms with E-state index in [1.807, 2.05) is 15.8 Å². The average Bonchev–Trinajstić information content (AvgIpc) is 2.99. The smallest absolute Gasteiger partial charge is 0.232 e. The number of rotatable bonds is 6. The van der Waals surface area contributed by atoms with Crippen LogP contribution in [0.4, 0.5) is 0 Å². The number of carbonyl (C=O) groups excluding carboxylic acids is 1. The predicted octanol–water partition coefficient (Wildman–Crippen LogP) is 2.14. The fraction of sp³-hybridized carbons (Fsp3) is 0.692. The quantitative estimate of drug-likeness (QED) is 0.874. The summed E-state index contributed by atoms with van der Waals surface area (Å²) in [6, 6.07) is 0.229. The third kappa shape index (κ3) is 4.47. The second kappa shape index (κ2) is 7.26. The highest BCUT2D eigenvalue weighted by atomic mass is 32.2. The Balaban J connectivity index is 1.75. The van der Waals surface area contributed by atoms with Crippen LogP contribution in [-0.2, 0) is 10.5 Å². The SMILES string of the molecule is CC(O)CC1CCCN1C(=O)CSCc1cscn1. The van der Waals surface area contributed by atoms with Crippen molar-refractivity contribution in [2.45, 2.75) is 44.1 Å². The highest BCUT2D eigenvalue weighted by molar-refractivity contribution is 7.99. The zero-order valence-electron chi connectivity index (χ0n) is 11.1. The van der Waals surface area contributed by atoms with Crippen LogP contribution in [0.15, 0.2) is 10.9 Å². The number of hydrogen-bond acceptors (Lipinski definition) is 5. The van der Waals surface area contributed by atoms with Crippen LogP contribution in [-0.4, -0.2) is 45.3 Å². The molecule has 0 aliphatic carbocycles. The fourth-order valence-corrected chi connectivity index (χ4v) is 3.91. The number of thiazole rings is 1. The minimum absolute atomic E-state index is 0.198. The van der Waals surface area contributed by atoms with E-state index in [4.69, 9.17) is 0 Å². The first-order valence-corrected chi connectivity index (χ1v) is 8.69. The van der Waals surface area contributed by atoms with Crippen molar-refractivity contribution in [2.24, 2.45) is 0 Å². The van der Waals surface area contributed by atoms with Crippen molar-refractivity contribution in [3.05, 3.63) is 16.6 Å². The van der Waals surface area contributed by atoms with Crippen LogP contribution in [0.3, 0.4) is 0 Å². The van der Waals surface area contributed by atoms with E-state index in [1.54, 1.807) is 30.0 Å². The van der Waals surface area contributed by atoms with Crippen molar-refractivity contribution in [1.29, 1.82) is 0 Å². The third-order valence-corrected chi connectivity index (χ3v) is 4.86. The lowest BCUT2D eigenvalue weighted by molar-refractivity contribution is -0.129. The highest BCUT2D eigenvalue weighted by Crippen LogP contribution is 2.23. The third-order valence-electron chi connectivity index (χ3n) is 3.27. The van der Waals surface area contributed by atoms with Crippen LogP contribution in [0.25, 0.3) is 0 Å². The number of aliphatic hydroxyl groups excluding tert-OH is 1. The van der Waals surface area contributed by atoms with Gasteiger partial charge in [0.15, 0.2) is 0 Å². The molecule has 1 N–H and O–H groups in total. The molecule has 1 aliphatic heterocycles. The standard InChI is InChI=1S/C13H20N2O2S2/c1-10(16)5-12-3-2-4-15(12)13(17)8-18-6-11-7-19-9-14-11/h7,9-10,12,16H,2-6,8H2,1H3. The number of amides is 1. The van der Waals surface area contributed by atoms with Gasteiger partial charge in [0.25, 0.3) is 0 Å². The van der Waals surface area contributed by atoms with Gasteiger partial charge in [0, 0.05) is 23.7 Å². The zero-order chi connectivity index (χ0) is 13.7. The molecule has 1 aromatic heterocycles. The van der Waals surface area contributed by atoms with E-state index in [0.717, 1.165) is 30.8 Å². The van der Waals surface area contributed by atoms with Gasteiger partial charge in [-0.15, -0.1) is 23.1 Å². The zero-order valence-corrected chi connectivity index (χ0v) is 12.8. The number of aromatic nitrogens is 1. The van der Waals surface area contributed by atoms with Crippen molar-refractivity contribution in [1.82, 2.24) is 9.88 Å². The molecular formula is C13H20N2O2S2. The number of likely N-dealkylation sites (tertiary alicyclic amines) is 1. The Hall–Kier alpha value is -0.590. The second-order valence-corrected chi connectivity index (χ2v) is 6.64. The molecule has 1 aliphatic rings. The topological polar surface area (TPSA) is 53.4 Å². The van der Waals surface area contributed by atoms with E-state index >= 15 is 0 Å². The Morgan fingerprint density at radius 3 is 3.26 bits per heavy atom. The molecule has 2 atom stereocenters. The summed E-state index contributed by atoms with van der Waals surface area (Å²) in [6.07, 6.45) is 2.44. The van der Waals surface area contributed by atoms with Gasteiger partial charge in [-0.25, -0.2) is 4.98 Å². The lowest BCUT2D eigenvalue weighted by Gasteiger charge is -2.25. The fourth-order valence-electron chi connectivity index (χ4n) is 2.44. The summed E-state index contributed by atoms with van der Waals surface area (Å²) in [4.78, 5) is 18.3. The number of aliphatic hydroxyl groups is 1. The van der Waals surface area contributed by atoms with E-state index in [-0.39, 0.29) is 18.1 Å². The molecule has 1 amide bonds. The van der Waals surface area contributed by atoms with Gasteiger partial charge in [-0.1, -0.05) is 0 Å². The lowest BCUT2D eigenvalue weighted by atomic mass is 10.1. The largest absolute Gasteiger partial charge is 0.393 e. The average molecular weight is 300 g/mol. The van der Waals surface area contributed by atoms with E-state index in [9.17, 15) is 9.90 Å². The molecule has 6 heteroatoms. The number of carbonyl (C=O) groups is 1. The summed E-state index contributed by atoms with van der Waals surface area (Å²) in [6.45, 7) is 2.63. The van der Waals surface area contributed by atoms with E-state index in [2.05, 4.69) is 4.98 Å². The van der Waals surface area contributed by atoms with Gasteiger partial charge in [0.2, 0.25) is 5.91 Å². The van der Waals surface area contributed by atoms with Gasteiger partial charge in [-0.05, 0) is 26.2 Å². The van der Waals surface area contributed by atoms with Crippen molar-refractivity contribution < 1.29 is 9.90 Å². The molecule has 1 saturated heterocycles. The van der Waals surface area contributed by atoms with E-state index in [1.165, 1.54) is 0 Å². The molecule has 4 nitrogen and oxygen atoms in total. The molecule has 2 heterocycles. The van der Waals surface area contributed by atoms with Crippen molar-refractivity contribution >= 4 is 29.0 Å². The van der Waals surface area contributed by atoms with Crippen LogP contribution in [0.2, 0.25) is 0 Å². The minimum atomic E-state index is -0.332. The first kappa shape index (κ1) is 14.8. The minimum Gasteiger partial charge on any atom is -0.393 e. The maximum atomic E-state index is 12.2. The Bertz CT molecular complexity index is 395. The molecule has 106 valence electrons. The predicted molar refractivity (Wildman–Crippen MR) is 79.3 cm³/mol.